The van der Waals surface area contributed by atoms with Crippen LogP contribution in [0.2, 0.25) is 0 Å². The smallest absolute Gasteiger partial charge is 0.338 e. The fourth-order valence-corrected chi connectivity index (χ4v) is 5.93. The van der Waals surface area contributed by atoms with Gasteiger partial charge in [0.05, 0.1) is 29.5 Å². The largest absolute Gasteiger partial charge is 0.496 e. The lowest BCUT2D eigenvalue weighted by Gasteiger charge is -2.25. The minimum Gasteiger partial charge on any atom is -0.496 e. The van der Waals surface area contributed by atoms with Crippen LogP contribution in [0.15, 0.2) is 69.6 Å². The van der Waals surface area contributed by atoms with Crippen molar-refractivity contribution in [3.8, 4) is 5.75 Å². The number of rotatable bonds is 6. The minimum absolute atomic E-state index is 0.201. The zero-order valence-corrected chi connectivity index (χ0v) is 21.5. The number of nitrogens with zero attached hydrogens (tertiary/aromatic N) is 3. The molecule has 8 heteroatoms. The van der Waals surface area contributed by atoms with Gasteiger partial charge in [0.2, 0.25) is 0 Å². The van der Waals surface area contributed by atoms with Gasteiger partial charge in [0.15, 0.2) is 4.80 Å². The average Bonchev–Trinajstić information content (AvgIpc) is 3.52. The Bertz CT molecular complexity index is 1490. The maximum atomic E-state index is 13.8. The highest BCUT2D eigenvalue weighted by Crippen LogP contribution is 2.35. The number of aromatic nitrogens is 1. The quantitative estimate of drug-likeness (QED) is 0.482. The molecule has 2 aliphatic heterocycles. The number of esters is 1. The van der Waals surface area contributed by atoms with E-state index in [0.29, 0.717) is 31.9 Å². The number of ether oxygens (including phenoxy) is 2. The van der Waals surface area contributed by atoms with E-state index < -0.39 is 12.0 Å². The van der Waals surface area contributed by atoms with Crippen molar-refractivity contribution in [2.24, 2.45) is 4.99 Å². The highest BCUT2D eigenvalue weighted by Gasteiger charge is 2.34. The van der Waals surface area contributed by atoms with Crippen LogP contribution in [0.5, 0.6) is 5.75 Å². The van der Waals surface area contributed by atoms with Crippen LogP contribution in [0, 0.1) is 0 Å². The van der Waals surface area contributed by atoms with Crippen LogP contribution in [0.25, 0.3) is 6.08 Å². The van der Waals surface area contributed by atoms with Crippen molar-refractivity contribution in [1.29, 1.82) is 0 Å². The van der Waals surface area contributed by atoms with Gasteiger partial charge in [-0.3, -0.25) is 9.36 Å². The van der Waals surface area contributed by atoms with Gasteiger partial charge in [0, 0.05) is 24.3 Å². The van der Waals surface area contributed by atoms with E-state index in [0.717, 1.165) is 18.7 Å². The fourth-order valence-electron chi connectivity index (χ4n) is 4.89. The molecule has 0 bridgehead atoms. The molecule has 5 rings (SSSR count). The van der Waals surface area contributed by atoms with Crippen molar-refractivity contribution in [2.75, 3.05) is 31.7 Å². The molecule has 0 spiro atoms. The molecular formula is C28H29N3O4S. The molecule has 0 saturated carbocycles. The number of methoxy groups -OCH3 is 1. The summed E-state index contributed by atoms with van der Waals surface area (Å²) in [6.45, 7) is 5.94. The molecule has 7 nitrogen and oxygen atoms in total. The Morgan fingerprint density at radius 2 is 1.86 bits per heavy atom. The number of para-hydroxylation sites is 1. The number of allylic oxidation sites excluding steroid dienone is 1. The lowest BCUT2D eigenvalue weighted by Crippen LogP contribution is -2.40. The van der Waals surface area contributed by atoms with Gasteiger partial charge in [-0.25, -0.2) is 9.79 Å². The van der Waals surface area contributed by atoms with Gasteiger partial charge in [0.1, 0.15) is 11.8 Å². The van der Waals surface area contributed by atoms with E-state index in [1.54, 1.807) is 25.5 Å². The number of thiazole rings is 1. The summed E-state index contributed by atoms with van der Waals surface area (Å²) in [6.07, 6.45) is 4.34. The second-order valence-corrected chi connectivity index (χ2v) is 9.84. The van der Waals surface area contributed by atoms with Gasteiger partial charge in [-0.2, -0.15) is 0 Å². The molecule has 0 aliphatic carbocycles. The van der Waals surface area contributed by atoms with Gasteiger partial charge in [-0.1, -0.05) is 41.7 Å². The number of carbonyl (C=O) groups excluding carboxylic acids is 1. The Morgan fingerprint density at radius 1 is 1.14 bits per heavy atom. The second-order valence-electron chi connectivity index (χ2n) is 8.83. The number of benzene rings is 2. The van der Waals surface area contributed by atoms with Crippen LogP contribution in [-0.4, -0.2) is 37.3 Å². The lowest BCUT2D eigenvalue weighted by atomic mass is 9.95. The summed E-state index contributed by atoms with van der Waals surface area (Å²) in [5.41, 5.74) is 3.53. The van der Waals surface area contributed by atoms with Gasteiger partial charge in [-0.15, -0.1) is 0 Å². The van der Waals surface area contributed by atoms with Crippen molar-refractivity contribution in [1.82, 2.24) is 4.57 Å². The number of hydrogen-bond donors (Lipinski definition) is 0. The second kappa shape index (κ2) is 10.1. The predicted molar refractivity (Wildman–Crippen MR) is 141 cm³/mol. The summed E-state index contributed by atoms with van der Waals surface area (Å²) in [5.74, 6) is 0.104. The van der Waals surface area contributed by atoms with Crippen molar-refractivity contribution in [3.63, 3.8) is 0 Å². The Balaban J connectivity index is 1.63. The molecular weight excluding hydrogens is 474 g/mol. The van der Waals surface area contributed by atoms with E-state index in [-0.39, 0.29) is 12.2 Å². The standard InChI is InChI=1S/C28H29N3O4S/c1-4-35-27(33)24-18(2)29-28-31(25(24)21-9-5-6-10-22(21)34-3)26(32)23(36-28)17-19-11-13-20(14-12-19)30-15-7-8-16-30/h5-6,9-14,17,25H,4,7-8,15-16H2,1-3H3/b23-17+/t25-/m1/s1. The van der Waals surface area contributed by atoms with Gasteiger partial charge < -0.3 is 14.4 Å². The van der Waals surface area contributed by atoms with Crippen molar-refractivity contribution < 1.29 is 14.3 Å². The molecule has 0 radical (unpaired) electrons. The zero-order valence-electron chi connectivity index (χ0n) is 20.7. The lowest BCUT2D eigenvalue weighted by molar-refractivity contribution is -0.139. The van der Waals surface area contributed by atoms with E-state index in [2.05, 4.69) is 22.0 Å². The number of carbonyl (C=O) groups is 1. The summed E-state index contributed by atoms with van der Waals surface area (Å²) < 4.78 is 13.1. The number of hydrogen-bond acceptors (Lipinski definition) is 7. The monoisotopic (exact) mass is 503 g/mol. The zero-order chi connectivity index (χ0) is 25.2. The Labute approximate surface area is 213 Å². The first kappa shape index (κ1) is 24.1. The third-order valence-electron chi connectivity index (χ3n) is 6.61. The molecule has 3 heterocycles. The van der Waals surface area contributed by atoms with Crippen molar-refractivity contribution in [2.45, 2.75) is 32.7 Å². The molecule has 1 saturated heterocycles. The molecule has 0 N–H and O–H groups in total. The van der Waals surface area contributed by atoms with Gasteiger partial charge in [0.25, 0.3) is 5.56 Å². The van der Waals surface area contributed by atoms with Crippen LogP contribution < -0.4 is 24.5 Å². The van der Waals surface area contributed by atoms with Crippen LogP contribution in [0.4, 0.5) is 5.69 Å². The summed E-state index contributed by atoms with van der Waals surface area (Å²) in [5, 5.41) is 0. The van der Waals surface area contributed by atoms with Crippen LogP contribution >= 0.6 is 11.3 Å². The van der Waals surface area contributed by atoms with E-state index in [4.69, 9.17) is 9.47 Å². The first-order chi connectivity index (χ1) is 17.5. The van der Waals surface area contributed by atoms with E-state index >= 15 is 0 Å². The summed E-state index contributed by atoms with van der Waals surface area (Å²) in [6, 6.07) is 15.0. The third-order valence-corrected chi connectivity index (χ3v) is 7.60. The predicted octanol–water partition coefficient (Wildman–Crippen LogP) is 3.41. The molecule has 1 aromatic heterocycles. The summed E-state index contributed by atoms with van der Waals surface area (Å²) in [7, 11) is 1.58. The molecule has 1 atom stereocenters. The molecule has 186 valence electrons. The van der Waals surface area contributed by atoms with E-state index in [9.17, 15) is 9.59 Å². The maximum Gasteiger partial charge on any atom is 0.338 e. The molecule has 0 unspecified atom stereocenters. The highest BCUT2D eigenvalue weighted by molar-refractivity contribution is 7.07. The van der Waals surface area contributed by atoms with Crippen molar-refractivity contribution in [3.05, 3.63) is 90.6 Å². The third kappa shape index (κ3) is 4.37. The number of anilines is 1. The molecule has 0 amide bonds. The Kier molecular flexibility index (Phi) is 6.78. The van der Waals surface area contributed by atoms with Crippen LogP contribution in [0.3, 0.4) is 0 Å². The minimum atomic E-state index is -0.698. The Morgan fingerprint density at radius 3 is 2.56 bits per heavy atom. The first-order valence-electron chi connectivity index (χ1n) is 12.2. The topological polar surface area (TPSA) is 73.1 Å². The van der Waals surface area contributed by atoms with E-state index in [1.165, 1.54) is 29.9 Å². The average molecular weight is 504 g/mol. The maximum absolute atomic E-state index is 13.8. The van der Waals surface area contributed by atoms with Crippen molar-refractivity contribution >= 4 is 29.1 Å². The highest BCUT2D eigenvalue weighted by atomic mass is 32.1. The van der Waals surface area contributed by atoms with Crippen LogP contribution in [-0.2, 0) is 9.53 Å². The van der Waals surface area contributed by atoms with Gasteiger partial charge in [-0.05, 0) is 56.5 Å². The molecule has 1 fully saturated rings. The normalized spacial score (nSPS) is 17.7. The molecule has 2 aromatic carbocycles. The van der Waals surface area contributed by atoms with Gasteiger partial charge >= 0.3 is 5.97 Å². The first-order valence-corrected chi connectivity index (χ1v) is 13.0. The Hall–Kier alpha value is -3.65. The summed E-state index contributed by atoms with van der Waals surface area (Å²) in [4.78, 5) is 34.4. The SMILES string of the molecule is CCOC(=O)C1=C(C)N=c2s/c(=C/c3ccc(N4CCCC4)cc3)c(=O)n2[C@@H]1c1ccccc1OC. The summed E-state index contributed by atoms with van der Waals surface area (Å²) >= 11 is 1.32. The van der Waals surface area contributed by atoms with E-state index in [1.807, 2.05) is 42.5 Å². The molecule has 3 aromatic rings. The number of fused-ring (bicyclic) bond motifs is 1. The molecule has 2 aliphatic rings. The molecule has 36 heavy (non-hydrogen) atoms. The van der Waals surface area contributed by atoms with Crippen LogP contribution in [0.1, 0.15) is 43.9 Å². The fraction of sp³-hybridized carbons (Fsp3) is 0.321.